The largest absolute Gasteiger partial charge is 0.394 e. The second-order valence-electron chi connectivity index (χ2n) is 8.40. The molecule has 33 heavy (non-hydrogen) atoms. The van der Waals surface area contributed by atoms with E-state index in [0.29, 0.717) is 45.3 Å². The van der Waals surface area contributed by atoms with Crippen molar-refractivity contribution in [3.05, 3.63) is 82.9 Å². The Morgan fingerprint density at radius 1 is 1.15 bits per heavy atom. The number of aromatic nitrogens is 2. The summed E-state index contributed by atoms with van der Waals surface area (Å²) in [6.45, 7) is 2.44. The highest BCUT2D eigenvalue weighted by atomic mass is 35.5. The summed E-state index contributed by atoms with van der Waals surface area (Å²) in [5.41, 5.74) is 4.27. The van der Waals surface area contributed by atoms with Crippen LogP contribution in [-0.2, 0) is 0 Å². The average Bonchev–Trinajstić information content (AvgIpc) is 3.43. The van der Waals surface area contributed by atoms with Gasteiger partial charge >= 0.3 is 0 Å². The Morgan fingerprint density at radius 3 is 2.70 bits per heavy atom. The average molecular weight is 464 g/mol. The second-order valence-corrected chi connectivity index (χ2v) is 8.76. The van der Waals surface area contributed by atoms with Gasteiger partial charge in [0.25, 0.3) is 5.91 Å². The Kier molecular flexibility index (Phi) is 5.64. The molecule has 1 saturated heterocycles. The summed E-state index contributed by atoms with van der Waals surface area (Å²) < 4.78 is 16.5. The number of amides is 1. The molecule has 1 amide bonds. The van der Waals surface area contributed by atoms with Crippen LogP contribution in [0.3, 0.4) is 0 Å². The van der Waals surface area contributed by atoms with Crippen molar-refractivity contribution in [2.45, 2.75) is 25.8 Å². The van der Waals surface area contributed by atoms with Crippen LogP contribution in [0.25, 0.3) is 28.0 Å². The fourth-order valence-corrected chi connectivity index (χ4v) is 4.83. The topological polar surface area (TPSA) is 57.8 Å². The van der Waals surface area contributed by atoms with E-state index in [-0.39, 0.29) is 24.4 Å². The van der Waals surface area contributed by atoms with Gasteiger partial charge in [-0.2, -0.15) is 0 Å². The lowest BCUT2D eigenvalue weighted by Gasteiger charge is -2.23. The molecule has 1 aliphatic heterocycles. The lowest BCUT2D eigenvalue weighted by molar-refractivity contribution is 0.0677. The number of likely N-dealkylation sites (tertiary alicyclic amines) is 1. The number of hydrogen-bond acceptors (Lipinski definition) is 3. The predicted molar refractivity (Wildman–Crippen MR) is 127 cm³/mol. The van der Waals surface area contributed by atoms with Crippen molar-refractivity contribution in [1.29, 1.82) is 0 Å². The summed E-state index contributed by atoms with van der Waals surface area (Å²) in [7, 11) is 0. The molecular formula is C26H23ClFN3O2. The fourth-order valence-electron chi connectivity index (χ4n) is 4.54. The fraction of sp³-hybridized carbons (Fsp3) is 0.231. The monoisotopic (exact) mass is 463 g/mol. The van der Waals surface area contributed by atoms with Crippen molar-refractivity contribution < 1.29 is 14.3 Å². The minimum Gasteiger partial charge on any atom is -0.394 e. The lowest BCUT2D eigenvalue weighted by Crippen LogP contribution is -2.37. The first-order chi connectivity index (χ1) is 16.0. The standard InChI is InChI=1S/C26H23ClFN3O2/c1-16-8-9-20(22(28)13-16)19-6-2-3-7-21(19)24-25(27)31-12-10-17(14-23(31)29-24)26(33)30-11-4-5-18(30)15-32/h2-3,6-10,12-14,18,32H,4-5,11,15H2,1H3. The summed E-state index contributed by atoms with van der Waals surface area (Å²) in [5.74, 6) is -0.434. The molecule has 1 fully saturated rings. The highest BCUT2D eigenvalue weighted by Gasteiger charge is 2.29. The first kappa shape index (κ1) is 21.6. The van der Waals surface area contributed by atoms with E-state index in [1.165, 1.54) is 6.07 Å². The Morgan fingerprint density at radius 2 is 1.94 bits per heavy atom. The molecule has 168 valence electrons. The van der Waals surface area contributed by atoms with Gasteiger partial charge in [0.05, 0.1) is 12.6 Å². The van der Waals surface area contributed by atoms with Crippen LogP contribution < -0.4 is 0 Å². The number of aliphatic hydroxyl groups is 1. The molecule has 7 heteroatoms. The number of nitrogens with zero attached hydrogens (tertiary/aromatic N) is 3. The SMILES string of the molecule is Cc1ccc(-c2ccccc2-c2nc3cc(C(=O)N4CCCC4CO)ccn3c2Cl)c(F)c1. The van der Waals surface area contributed by atoms with Crippen molar-refractivity contribution in [3.8, 4) is 22.4 Å². The van der Waals surface area contributed by atoms with Gasteiger partial charge in [-0.1, -0.05) is 48.0 Å². The van der Waals surface area contributed by atoms with Crippen LogP contribution in [0.2, 0.25) is 5.15 Å². The Hall–Kier alpha value is -3.22. The van der Waals surface area contributed by atoms with Crippen LogP contribution >= 0.6 is 11.6 Å². The van der Waals surface area contributed by atoms with E-state index in [4.69, 9.17) is 16.6 Å². The molecule has 5 rings (SSSR count). The number of halogens is 2. The van der Waals surface area contributed by atoms with Crippen molar-refractivity contribution in [2.75, 3.05) is 13.2 Å². The summed E-state index contributed by atoms with van der Waals surface area (Å²) in [6.07, 6.45) is 3.40. The van der Waals surface area contributed by atoms with Gasteiger partial charge in [0, 0.05) is 29.4 Å². The van der Waals surface area contributed by atoms with Crippen LogP contribution in [0.15, 0.2) is 60.8 Å². The highest BCUT2D eigenvalue weighted by molar-refractivity contribution is 6.32. The smallest absolute Gasteiger partial charge is 0.254 e. The molecule has 0 bridgehead atoms. The maximum atomic E-state index is 14.8. The predicted octanol–water partition coefficient (Wildman–Crippen LogP) is 5.37. The maximum Gasteiger partial charge on any atom is 0.254 e. The first-order valence-electron chi connectivity index (χ1n) is 10.9. The molecule has 0 radical (unpaired) electrons. The number of aryl methyl sites for hydroxylation is 1. The molecule has 1 aliphatic rings. The molecule has 1 unspecified atom stereocenters. The third kappa shape index (κ3) is 3.79. The van der Waals surface area contributed by atoms with E-state index in [1.807, 2.05) is 37.3 Å². The molecular weight excluding hydrogens is 441 g/mol. The summed E-state index contributed by atoms with van der Waals surface area (Å²) >= 11 is 6.70. The lowest BCUT2D eigenvalue weighted by atomic mass is 9.97. The molecule has 2 aromatic heterocycles. The first-order valence-corrected chi connectivity index (χ1v) is 11.3. The Balaban J connectivity index is 1.58. The minimum atomic E-state index is -0.306. The van der Waals surface area contributed by atoms with Gasteiger partial charge in [0.2, 0.25) is 0 Å². The number of rotatable bonds is 4. The number of aliphatic hydroxyl groups excluding tert-OH is 1. The van der Waals surface area contributed by atoms with E-state index in [1.54, 1.807) is 33.7 Å². The molecule has 1 N–H and O–H groups in total. The molecule has 3 heterocycles. The van der Waals surface area contributed by atoms with E-state index < -0.39 is 0 Å². The van der Waals surface area contributed by atoms with Gasteiger partial charge in [-0.3, -0.25) is 9.20 Å². The number of carbonyl (C=O) groups is 1. The maximum absolute atomic E-state index is 14.8. The Bertz CT molecular complexity index is 1370. The van der Waals surface area contributed by atoms with E-state index >= 15 is 0 Å². The highest BCUT2D eigenvalue weighted by Crippen LogP contribution is 2.37. The minimum absolute atomic E-state index is 0.0420. The zero-order valence-electron chi connectivity index (χ0n) is 18.1. The van der Waals surface area contributed by atoms with Crippen LogP contribution in [0, 0.1) is 12.7 Å². The summed E-state index contributed by atoms with van der Waals surface area (Å²) in [5, 5.41) is 9.96. The van der Waals surface area contributed by atoms with Crippen molar-refractivity contribution in [1.82, 2.24) is 14.3 Å². The molecule has 0 saturated carbocycles. The molecule has 1 atom stereocenters. The number of hydrogen-bond donors (Lipinski definition) is 1. The second kappa shape index (κ2) is 8.61. The van der Waals surface area contributed by atoms with Crippen LogP contribution in [0.5, 0.6) is 0 Å². The molecule has 2 aromatic carbocycles. The van der Waals surface area contributed by atoms with Gasteiger partial charge in [-0.15, -0.1) is 0 Å². The Labute approximate surface area is 196 Å². The van der Waals surface area contributed by atoms with Gasteiger partial charge in [-0.05, 0) is 49.1 Å². The van der Waals surface area contributed by atoms with E-state index in [9.17, 15) is 14.3 Å². The van der Waals surface area contributed by atoms with Gasteiger partial charge in [0.1, 0.15) is 22.3 Å². The molecule has 5 nitrogen and oxygen atoms in total. The van der Waals surface area contributed by atoms with Crippen LogP contribution in [0.1, 0.15) is 28.8 Å². The van der Waals surface area contributed by atoms with Crippen molar-refractivity contribution >= 4 is 23.2 Å². The number of fused-ring (bicyclic) bond motifs is 1. The summed E-state index contributed by atoms with van der Waals surface area (Å²) in [4.78, 5) is 19.5. The van der Waals surface area contributed by atoms with E-state index in [2.05, 4.69) is 0 Å². The van der Waals surface area contributed by atoms with Crippen molar-refractivity contribution in [2.24, 2.45) is 0 Å². The van der Waals surface area contributed by atoms with Gasteiger partial charge in [-0.25, -0.2) is 9.37 Å². The van der Waals surface area contributed by atoms with Crippen LogP contribution in [0.4, 0.5) is 4.39 Å². The summed E-state index contributed by atoms with van der Waals surface area (Å²) in [6, 6.07) is 15.8. The quantitative estimate of drug-likeness (QED) is 0.443. The molecule has 4 aromatic rings. The number of carbonyl (C=O) groups excluding carboxylic acids is 1. The van der Waals surface area contributed by atoms with Gasteiger partial charge in [0.15, 0.2) is 0 Å². The van der Waals surface area contributed by atoms with Gasteiger partial charge < -0.3 is 10.0 Å². The van der Waals surface area contributed by atoms with E-state index in [0.717, 1.165) is 18.4 Å². The molecule has 0 spiro atoms. The number of imidazole rings is 1. The number of pyridine rings is 1. The zero-order valence-corrected chi connectivity index (χ0v) is 18.9. The third-order valence-electron chi connectivity index (χ3n) is 6.26. The zero-order chi connectivity index (χ0) is 23.1. The normalized spacial score (nSPS) is 16.0. The van der Waals surface area contributed by atoms with Crippen LogP contribution in [-0.4, -0.2) is 44.5 Å². The molecule has 0 aliphatic carbocycles. The van der Waals surface area contributed by atoms with Crippen molar-refractivity contribution in [3.63, 3.8) is 0 Å². The third-order valence-corrected chi connectivity index (χ3v) is 6.62. The number of benzene rings is 2.